The monoisotopic (exact) mass is 331 g/mol. The van der Waals surface area contributed by atoms with Crippen LogP contribution in [0.25, 0.3) is 10.2 Å². The van der Waals surface area contributed by atoms with E-state index in [1.165, 1.54) is 22.2 Å². The number of hydrogen-bond donors (Lipinski definition) is 0. The Labute approximate surface area is 136 Å². The van der Waals surface area contributed by atoms with Crippen LogP contribution < -0.4 is 5.56 Å². The van der Waals surface area contributed by atoms with Crippen molar-refractivity contribution in [2.45, 2.75) is 19.5 Å². The minimum atomic E-state index is -0.0982. The Hall–Kier alpha value is -2.48. The van der Waals surface area contributed by atoms with Gasteiger partial charge in [-0.05, 0) is 11.4 Å². The Bertz CT molecular complexity index is 895. The fourth-order valence-corrected chi connectivity index (χ4v) is 3.10. The Morgan fingerprint density at radius 1 is 1.43 bits per heavy atom. The largest absolute Gasteiger partial charge is 0.341 e. The van der Waals surface area contributed by atoms with E-state index in [1.807, 2.05) is 18.6 Å². The number of hydrogen-bond acceptors (Lipinski definition) is 5. The second kappa shape index (κ2) is 6.33. The van der Waals surface area contributed by atoms with Crippen molar-refractivity contribution in [3.63, 3.8) is 0 Å². The highest BCUT2D eigenvalue weighted by atomic mass is 32.1. The van der Waals surface area contributed by atoms with Crippen LogP contribution in [0.15, 0.2) is 35.0 Å². The highest BCUT2D eigenvalue weighted by molar-refractivity contribution is 7.16. The van der Waals surface area contributed by atoms with Crippen molar-refractivity contribution in [2.24, 2.45) is 7.05 Å². The lowest BCUT2D eigenvalue weighted by molar-refractivity contribution is -0.130. The maximum absolute atomic E-state index is 12.3. The predicted molar refractivity (Wildman–Crippen MR) is 88.2 cm³/mol. The molecule has 0 N–H and O–H groups in total. The van der Waals surface area contributed by atoms with E-state index in [4.69, 9.17) is 0 Å². The number of rotatable bonds is 5. The van der Waals surface area contributed by atoms with Crippen LogP contribution in [0.4, 0.5) is 0 Å². The predicted octanol–water partition coefficient (Wildman–Crippen LogP) is 1.24. The van der Waals surface area contributed by atoms with Crippen molar-refractivity contribution >= 4 is 27.5 Å². The maximum Gasteiger partial charge on any atom is 0.262 e. The molecule has 0 fully saturated rings. The molecule has 7 nitrogen and oxygen atoms in total. The van der Waals surface area contributed by atoms with Gasteiger partial charge < -0.3 is 4.90 Å². The van der Waals surface area contributed by atoms with Gasteiger partial charge in [0.2, 0.25) is 5.91 Å². The van der Waals surface area contributed by atoms with Gasteiger partial charge in [-0.2, -0.15) is 5.10 Å². The summed E-state index contributed by atoms with van der Waals surface area (Å²) in [6.07, 6.45) is 5.38. The normalized spacial score (nSPS) is 11.0. The topological polar surface area (TPSA) is 73.0 Å². The van der Waals surface area contributed by atoms with E-state index < -0.39 is 0 Å². The van der Waals surface area contributed by atoms with Gasteiger partial charge in [0.05, 0.1) is 17.9 Å². The molecule has 0 unspecified atom stereocenters. The zero-order valence-electron chi connectivity index (χ0n) is 13.0. The molecule has 3 heterocycles. The first-order valence-corrected chi connectivity index (χ1v) is 8.06. The SMILES string of the molecule is CN(Cc1cnn(C)c1)C(=O)CCn1cnc2sccc2c1=O. The van der Waals surface area contributed by atoms with Crippen LogP contribution in [0, 0.1) is 0 Å². The average molecular weight is 331 g/mol. The zero-order chi connectivity index (χ0) is 16.4. The molecule has 120 valence electrons. The van der Waals surface area contributed by atoms with Gasteiger partial charge in [-0.3, -0.25) is 18.8 Å². The first-order valence-electron chi connectivity index (χ1n) is 7.19. The standard InChI is InChI=1S/C15H17N5O2S/c1-18(8-11-7-17-19(2)9-11)13(21)3-5-20-10-16-14-12(15(20)22)4-6-23-14/h4,6-7,9-10H,3,5,8H2,1-2H3. The number of amides is 1. The molecule has 0 aliphatic heterocycles. The van der Waals surface area contributed by atoms with Crippen LogP contribution in [0.2, 0.25) is 0 Å². The number of fused-ring (bicyclic) bond motifs is 1. The number of aryl methyl sites for hydroxylation is 2. The van der Waals surface area contributed by atoms with Crippen molar-refractivity contribution in [1.29, 1.82) is 0 Å². The number of nitrogens with zero attached hydrogens (tertiary/aromatic N) is 5. The van der Waals surface area contributed by atoms with Gasteiger partial charge >= 0.3 is 0 Å². The third-order valence-corrected chi connectivity index (χ3v) is 4.44. The van der Waals surface area contributed by atoms with Crippen LogP contribution in [-0.4, -0.2) is 37.2 Å². The summed E-state index contributed by atoms with van der Waals surface area (Å²) in [4.78, 5) is 31.1. The van der Waals surface area contributed by atoms with Gasteiger partial charge in [0.15, 0.2) is 0 Å². The summed E-state index contributed by atoms with van der Waals surface area (Å²) in [6, 6.07) is 1.77. The number of thiophene rings is 1. The van der Waals surface area contributed by atoms with Gasteiger partial charge in [0.25, 0.3) is 5.56 Å². The lowest BCUT2D eigenvalue weighted by Crippen LogP contribution is -2.29. The fourth-order valence-electron chi connectivity index (χ4n) is 2.38. The van der Waals surface area contributed by atoms with Gasteiger partial charge in [-0.1, -0.05) is 0 Å². The number of carbonyl (C=O) groups excluding carboxylic acids is 1. The highest BCUT2D eigenvalue weighted by Gasteiger charge is 2.12. The minimum absolute atomic E-state index is 0.0221. The lowest BCUT2D eigenvalue weighted by atomic mass is 10.3. The summed E-state index contributed by atoms with van der Waals surface area (Å²) in [7, 11) is 3.59. The molecule has 1 amide bonds. The summed E-state index contributed by atoms with van der Waals surface area (Å²) < 4.78 is 3.19. The Balaban J connectivity index is 1.63. The van der Waals surface area contributed by atoms with Crippen LogP contribution in [0.3, 0.4) is 0 Å². The lowest BCUT2D eigenvalue weighted by Gasteiger charge is -2.16. The van der Waals surface area contributed by atoms with Crippen molar-refractivity contribution in [2.75, 3.05) is 7.05 Å². The summed E-state index contributed by atoms with van der Waals surface area (Å²) in [5.74, 6) is -0.0221. The molecule has 3 aromatic rings. The van der Waals surface area contributed by atoms with Crippen molar-refractivity contribution < 1.29 is 4.79 Å². The van der Waals surface area contributed by atoms with Crippen LogP contribution >= 0.6 is 11.3 Å². The quantitative estimate of drug-likeness (QED) is 0.705. The first-order chi connectivity index (χ1) is 11.0. The third-order valence-electron chi connectivity index (χ3n) is 3.62. The molecule has 8 heteroatoms. The number of aromatic nitrogens is 4. The maximum atomic E-state index is 12.3. The van der Waals surface area contributed by atoms with E-state index in [9.17, 15) is 9.59 Å². The minimum Gasteiger partial charge on any atom is -0.341 e. The van der Waals surface area contributed by atoms with Gasteiger partial charge in [-0.15, -0.1) is 11.3 Å². The van der Waals surface area contributed by atoms with Gasteiger partial charge in [0, 0.05) is 45.4 Å². The molecular formula is C15H17N5O2S. The van der Waals surface area contributed by atoms with Crippen LogP contribution in [-0.2, 0) is 24.9 Å². The van der Waals surface area contributed by atoms with Gasteiger partial charge in [-0.25, -0.2) is 4.98 Å². The Morgan fingerprint density at radius 2 is 2.26 bits per heavy atom. The van der Waals surface area contributed by atoms with E-state index in [2.05, 4.69) is 10.1 Å². The molecule has 3 rings (SSSR count). The van der Waals surface area contributed by atoms with Crippen molar-refractivity contribution in [1.82, 2.24) is 24.2 Å². The van der Waals surface area contributed by atoms with Crippen LogP contribution in [0.1, 0.15) is 12.0 Å². The molecule has 0 aliphatic carbocycles. The summed E-state index contributed by atoms with van der Waals surface area (Å²) in [5.41, 5.74) is 0.876. The second-order valence-electron chi connectivity index (χ2n) is 5.40. The smallest absolute Gasteiger partial charge is 0.262 e. The van der Waals surface area contributed by atoms with Crippen molar-refractivity contribution in [3.8, 4) is 0 Å². The molecule has 0 bridgehead atoms. The third kappa shape index (κ3) is 3.31. The summed E-state index contributed by atoms with van der Waals surface area (Å²) in [5, 5.41) is 6.53. The Morgan fingerprint density at radius 3 is 3.00 bits per heavy atom. The van der Waals surface area contributed by atoms with E-state index in [-0.39, 0.29) is 17.9 Å². The van der Waals surface area contributed by atoms with Crippen molar-refractivity contribution in [3.05, 3.63) is 46.1 Å². The van der Waals surface area contributed by atoms with E-state index in [0.717, 1.165) is 10.4 Å². The summed E-state index contributed by atoms with van der Waals surface area (Å²) >= 11 is 1.44. The van der Waals surface area contributed by atoms with Gasteiger partial charge in [0.1, 0.15) is 4.83 Å². The molecule has 0 atom stereocenters. The zero-order valence-corrected chi connectivity index (χ0v) is 13.8. The highest BCUT2D eigenvalue weighted by Crippen LogP contribution is 2.13. The molecular weight excluding hydrogens is 314 g/mol. The fraction of sp³-hybridized carbons (Fsp3) is 0.333. The average Bonchev–Trinajstić information content (AvgIpc) is 3.15. The molecule has 0 radical (unpaired) electrons. The molecule has 3 aromatic heterocycles. The first kappa shape index (κ1) is 15.4. The van der Waals surface area contributed by atoms with E-state index in [0.29, 0.717) is 18.5 Å². The van der Waals surface area contributed by atoms with E-state index in [1.54, 1.807) is 28.9 Å². The molecule has 23 heavy (non-hydrogen) atoms. The molecule has 0 aliphatic rings. The number of carbonyl (C=O) groups is 1. The Kier molecular flexibility index (Phi) is 4.24. The summed E-state index contributed by atoms with van der Waals surface area (Å²) in [6.45, 7) is 0.831. The van der Waals surface area contributed by atoms with E-state index >= 15 is 0 Å². The molecule has 0 spiro atoms. The molecule has 0 aromatic carbocycles. The molecule has 0 saturated carbocycles. The molecule has 0 saturated heterocycles. The van der Waals surface area contributed by atoms with Crippen LogP contribution in [0.5, 0.6) is 0 Å². The second-order valence-corrected chi connectivity index (χ2v) is 6.30.